The zero-order valence-corrected chi connectivity index (χ0v) is 13.1. The number of rotatable bonds is 6. The third kappa shape index (κ3) is 4.59. The van der Waals surface area contributed by atoms with E-state index in [0.717, 1.165) is 32.1 Å². The van der Waals surface area contributed by atoms with Crippen LogP contribution in [0.3, 0.4) is 0 Å². The molecule has 0 saturated carbocycles. The van der Waals surface area contributed by atoms with Crippen LogP contribution < -0.4 is 0 Å². The van der Waals surface area contributed by atoms with Gasteiger partial charge in [0.1, 0.15) is 0 Å². The maximum atomic E-state index is 10.4. The van der Waals surface area contributed by atoms with Crippen LogP contribution in [0, 0.1) is 0 Å². The lowest BCUT2D eigenvalue weighted by Crippen LogP contribution is -2.43. The molecule has 3 heteroatoms. The lowest BCUT2D eigenvalue weighted by molar-refractivity contribution is -0.153. The van der Waals surface area contributed by atoms with E-state index in [4.69, 9.17) is 4.74 Å². The van der Waals surface area contributed by atoms with Gasteiger partial charge < -0.3 is 14.9 Å². The summed E-state index contributed by atoms with van der Waals surface area (Å²) in [6.45, 7) is 9.72. The first-order valence-electron chi connectivity index (χ1n) is 7.43. The van der Waals surface area contributed by atoms with Gasteiger partial charge in [0, 0.05) is 0 Å². The Balaban J connectivity index is 2.53. The summed E-state index contributed by atoms with van der Waals surface area (Å²) in [6, 6.07) is 0. The molecule has 0 unspecified atom stereocenters. The third-order valence-electron chi connectivity index (χ3n) is 4.17. The van der Waals surface area contributed by atoms with Crippen molar-refractivity contribution >= 4 is 0 Å². The first-order valence-corrected chi connectivity index (χ1v) is 7.43. The second-order valence-corrected chi connectivity index (χ2v) is 6.62. The number of aliphatic hydroxyl groups excluding tert-OH is 1. The Morgan fingerprint density at radius 2 is 2.16 bits per heavy atom. The maximum Gasteiger partial charge on any atom is 0.0918 e. The second-order valence-electron chi connectivity index (χ2n) is 6.62. The highest BCUT2D eigenvalue weighted by molar-refractivity contribution is 5.00. The molecule has 1 rings (SSSR count). The quantitative estimate of drug-likeness (QED) is 0.729. The summed E-state index contributed by atoms with van der Waals surface area (Å²) in [5.74, 6) is 0. The Bertz CT molecular complexity index is 316. The lowest BCUT2D eigenvalue weighted by atomic mass is 9.90. The molecule has 0 aromatic heterocycles. The normalized spacial score (nSPS) is 30.7. The predicted octanol–water partition coefficient (Wildman–Crippen LogP) is 3.19. The van der Waals surface area contributed by atoms with Crippen LogP contribution >= 0.6 is 0 Å². The molecule has 0 aromatic carbocycles. The van der Waals surface area contributed by atoms with Crippen molar-refractivity contribution in [3.8, 4) is 0 Å². The minimum atomic E-state index is -0.838. The summed E-state index contributed by atoms with van der Waals surface area (Å²) < 4.78 is 5.95. The van der Waals surface area contributed by atoms with Crippen LogP contribution in [0.5, 0.6) is 0 Å². The summed E-state index contributed by atoms with van der Waals surface area (Å²) in [6.07, 6.45) is 5.82. The standard InChI is InChI=1S/C16H30O3/c1-6-7-12(2)8-9-13(17)16(5)11-10-14(19-16)15(3,4)18/h7,13-14,17-18H,6,8-11H2,1-5H3/b12-7+/t13-,14+,16-/m0/s1. The van der Waals surface area contributed by atoms with Gasteiger partial charge in [0.2, 0.25) is 0 Å². The van der Waals surface area contributed by atoms with Crippen molar-refractivity contribution in [2.45, 2.75) is 90.1 Å². The van der Waals surface area contributed by atoms with Gasteiger partial charge in [-0.15, -0.1) is 0 Å². The topological polar surface area (TPSA) is 49.7 Å². The Kier molecular flexibility index (Phi) is 5.60. The predicted molar refractivity (Wildman–Crippen MR) is 78.1 cm³/mol. The van der Waals surface area contributed by atoms with E-state index in [9.17, 15) is 10.2 Å². The van der Waals surface area contributed by atoms with Crippen molar-refractivity contribution in [2.75, 3.05) is 0 Å². The van der Waals surface area contributed by atoms with Crippen LogP contribution in [0.25, 0.3) is 0 Å². The van der Waals surface area contributed by atoms with Crippen LogP contribution in [-0.2, 0) is 4.74 Å². The Morgan fingerprint density at radius 3 is 2.63 bits per heavy atom. The fraction of sp³-hybridized carbons (Fsp3) is 0.875. The molecule has 0 radical (unpaired) electrons. The van der Waals surface area contributed by atoms with Gasteiger partial charge in [-0.1, -0.05) is 18.6 Å². The molecule has 0 spiro atoms. The molecule has 0 aliphatic carbocycles. The average Bonchev–Trinajstić information content (AvgIpc) is 2.70. The fourth-order valence-corrected chi connectivity index (χ4v) is 2.72. The molecule has 0 bridgehead atoms. The number of hydrogen-bond donors (Lipinski definition) is 2. The molecule has 1 aliphatic heterocycles. The SMILES string of the molecule is CC/C=C(\C)CC[C@H](O)[C@]1(C)CC[C@H](C(C)(C)O)O1. The molecule has 112 valence electrons. The van der Waals surface area contributed by atoms with Gasteiger partial charge in [-0.05, 0) is 59.8 Å². The maximum absolute atomic E-state index is 10.4. The molecular weight excluding hydrogens is 240 g/mol. The molecule has 3 nitrogen and oxygen atoms in total. The van der Waals surface area contributed by atoms with Crippen molar-refractivity contribution in [3.63, 3.8) is 0 Å². The minimum absolute atomic E-state index is 0.181. The van der Waals surface area contributed by atoms with Crippen molar-refractivity contribution < 1.29 is 14.9 Å². The Hall–Kier alpha value is -0.380. The monoisotopic (exact) mass is 270 g/mol. The lowest BCUT2D eigenvalue weighted by Gasteiger charge is -2.33. The number of allylic oxidation sites excluding steroid dienone is 2. The van der Waals surface area contributed by atoms with Gasteiger partial charge in [0.25, 0.3) is 0 Å². The van der Waals surface area contributed by atoms with E-state index in [0.29, 0.717) is 0 Å². The van der Waals surface area contributed by atoms with Gasteiger partial charge in [0.05, 0.1) is 23.4 Å². The van der Waals surface area contributed by atoms with E-state index in [1.165, 1.54) is 5.57 Å². The van der Waals surface area contributed by atoms with Crippen molar-refractivity contribution in [1.82, 2.24) is 0 Å². The number of hydrogen-bond acceptors (Lipinski definition) is 3. The summed E-state index contributed by atoms with van der Waals surface area (Å²) in [5, 5.41) is 20.4. The number of ether oxygens (including phenoxy) is 1. The van der Waals surface area contributed by atoms with Crippen molar-refractivity contribution in [2.24, 2.45) is 0 Å². The second kappa shape index (κ2) is 6.38. The molecule has 19 heavy (non-hydrogen) atoms. The molecule has 0 amide bonds. The summed E-state index contributed by atoms with van der Waals surface area (Å²) in [7, 11) is 0. The van der Waals surface area contributed by atoms with E-state index in [1.54, 1.807) is 13.8 Å². The Labute approximate surface area is 117 Å². The molecular formula is C16H30O3. The summed E-state index contributed by atoms with van der Waals surface area (Å²) >= 11 is 0. The van der Waals surface area contributed by atoms with Gasteiger partial charge in [-0.3, -0.25) is 0 Å². The van der Waals surface area contributed by atoms with Gasteiger partial charge in [-0.25, -0.2) is 0 Å². The van der Waals surface area contributed by atoms with E-state index >= 15 is 0 Å². The summed E-state index contributed by atoms with van der Waals surface area (Å²) in [4.78, 5) is 0. The average molecular weight is 270 g/mol. The first-order chi connectivity index (χ1) is 8.69. The molecule has 0 aromatic rings. The highest BCUT2D eigenvalue weighted by Crippen LogP contribution is 2.38. The zero-order chi connectivity index (χ0) is 14.7. The smallest absolute Gasteiger partial charge is 0.0918 e. The van der Waals surface area contributed by atoms with Crippen LogP contribution in [0.15, 0.2) is 11.6 Å². The number of aliphatic hydroxyl groups is 2. The third-order valence-corrected chi connectivity index (χ3v) is 4.17. The molecule has 1 aliphatic rings. The van der Waals surface area contributed by atoms with Crippen LogP contribution in [-0.4, -0.2) is 33.6 Å². The molecule has 2 N–H and O–H groups in total. The van der Waals surface area contributed by atoms with E-state index in [1.807, 2.05) is 6.92 Å². The first kappa shape index (κ1) is 16.7. The highest BCUT2D eigenvalue weighted by atomic mass is 16.5. The van der Waals surface area contributed by atoms with E-state index in [2.05, 4.69) is 19.9 Å². The van der Waals surface area contributed by atoms with E-state index in [-0.39, 0.29) is 6.10 Å². The van der Waals surface area contributed by atoms with Crippen molar-refractivity contribution in [3.05, 3.63) is 11.6 Å². The highest BCUT2D eigenvalue weighted by Gasteiger charge is 2.46. The van der Waals surface area contributed by atoms with E-state index < -0.39 is 17.3 Å². The zero-order valence-electron chi connectivity index (χ0n) is 13.1. The largest absolute Gasteiger partial charge is 0.390 e. The van der Waals surface area contributed by atoms with Crippen LogP contribution in [0.2, 0.25) is 0 Å². The van der Waals surface area contributed by atoms with Gasteiger partial charge >= 0.3 is 0 Å². The summed E-state index contributed by atoms with van der Waals surface area (Å²) in [5.41, 5.74) is -0.0330. The molecule has 1 fully saturated rings. The molecule has 3 atom stereocenters. The van der Waals surface area contributed by atoms with Crippen LogP contribution in [0.4, 0.5) is 0 Å². The van der Waals surface area contributed by atoms with Crippen molar-refractivity contribution in [1.29, 1.82) is 0 Å². The Morgan fingerprint density at radius 1 is 1.53 bits per heavy atom. The van der Waals surface area contributed by atoms with Gasteiger partial charge in [0.15, 0.2) is 0 Å². The molecule has 1 heterocycles. The van der Waals surface area contributed by atoms with Crippen LogP contribution in [0.1, 0.15) is 66.7 Å². The molecule has 1 saturated heterocycles. The fourth-order valence-electron chi connectivity index (χ4n) is 2.72. The van der Waals surface area contributed by atoms with Gasteiger partial charge in [-0.2, -0.15) is 0 Å². The minimum Gasteiger partial charge on any atom is -0.390 e.